The summed E-state index contributed by atoms with van der Waals surface area (Å²) >= 11 is 21.0. The van der Waals surface area contributed by atoms with E-state index in [1.165, 1.54) is 33.8 Å². The smallest absolute Gasteiger partial charge is 0.266 e. The van der Waals surface area contributed by atoms with Gasteiger partial charge in [-0.05, 0) is 127 Å². The fourth-order valence-corrected chi connectivity index (χ4v) is 10.6. The van der Waals surface area contributed by atoms with Crippen LogP contribution in [0.1, 0.15) is 48.9 Å². The van der Waals surface area contributed by atoms with Crippen molar-refractivity contribution in [2.24, 2.45) is 0 Å². The molecule has 2 unspecified atom stereocenters. The second kappa shape index (κ2) is 18.3. The Hall–Kier alpha value is -5.57. The number of hydrogen-bond donors (Lipinski definition) is 3. The Balaban J connectivity index is 0.807. The monoisotopic (exact) mass is 1060 g/mol. The van der Waals surface area contributed by atoms with Crippen molar-refractivity contribution in [2.75, 3.05) is 37.3 Å². The highest BCUT2D eigenvalue weighted by Gasteiger charge is 2.26. The number of rotatable bonds is 10. The molecule has 66 heavy (non-hydrogen) atoms. The summed E-state index contributed by atoms with van der Waals surface area (Å²) in [5.74, 6) is 0.111. The van der Waals surface area contributed by atoms with E-state index >= 15 is 0 Å². The molecule has 2 atom stereocenters. The minimum atomic E-state index is -0.504. The van der Waals surface area contributed by atoms with Gasteiger partial charge in [-0.15, -0.1) is 0 Å². The number of halogens is 5. The van der Waals surface area contributed by atoms with E-state index in [0.29, 0.717) is 70.8 Å². The zero-order valence-electron chi connectivity index (χ0n) is 35.5. The van der Waals surface area contributed by atoms with Crippen LogP contribution in [0, 0.1) is 12.7 Å². The average molecular weight is 1060 g/mol. The summed E-state index contributed by atoms with van der Waals surface area (Å²) < 4.78 is 22.5. The van der Waals surface area contributed by atoms with Crippen LogP contribution in [0.25, 0.3) is 33.2 Å². The molecule has 0 amide bonds. The number of nitrogens with one attached hydrogen (secondary N) is 3. The van der Waals surface area contributed by atoms with Crippen LogP contribution in [0.15, 0.2) is 98.4 Å². The third-order valence-electron chi connectivity index (χ3n) is 12.3. The number of anilines is 4. The van der Waals surface area contributed by atoms with E-state index in [9.17, 15) is 14.0 Å². The van der Waals surface area contributed by atoms with Crippen molar-refractivity contribution in [1.29, 1.82) is 0 Å². The number of benzene rings is 2. The van der Waals surface area contributed by atoms with Crippen molar-refractivity contribution in [2.45, 2.75) is 57.2 Å². The zero-order valence-corrected chi connectivity index (χ0v) is 40.2. The van der Waals surface area contributed by atoms with Crippen molar-refractivity contribution >= 4 is 100 Å². The lowest BCUT2D eigenvalue weighted by molar-refractivity contribution is 0.212. The third kappa shape index (κ3) is 8.75. The van der Waals surface area contributed by atoms with Gasteiger partial charge in [0.25, 0.3) is 11.1 Å². The molecule has 2 fully saturated rings. The fraction of sp³-hybridized carbons (Fsp3) is 0.289. The summed E-state index contributed by atoms with van der Waals surface area (Å²) in [5, 5.41) is 20.5. The van der Waals surface area contributed by atoms with Gasteiger partial charge in [-0.2, -0.15) is 10.2 Å². The first-order valence-corrected chi connectivity index (χ1v) is 23.6. The van der Waals surface area contributed by atoms with E-state index in [4.69, 9.17) is 23.2 Å². The van der Waals surface area contributed by atoms with Crippen molar-refractivity contribution in [1.82, 2.24) is 58.8 Å². The standard InChI is InChI=1S/C45H41Br2Cl2FN14O2/c1-24-4-3-5-37(50)40(24)61-22-33(46)38-31(42(61)65)18-52-45(58-38)57-28-17-55-64(21-28)30-6-9-51-26(15-30)12-25-13-35(48)41(36(49)14-25)62-23-34(47)39-32(43(62)66)19-53-44(59-39)56-27-16-54-63(20-27)29-7-10-60(2)11-8-29/h3-5,13-14,16-23,26,29-30,51H,6-12,15H2,1-2H3,(H,52,57,58)(H,53,56,59). The summed E-state index contributed by atoms with van der Waals surface area (Å²) in [6, 6.07) is 8.89. The second-order valence-electron chi connectivity index (χ2n) is 16.8. The highest BCUT2D eigenvalue weighted by atomic mass is 79.9. The average Bonchev–Trinajstić information content (AvgIpc) is 3.97. The molecule has 338 valence electrons. The van der Waals surface area contributed by atoms with Gasteiger partial charge in [-0.25, -0.2) is 24.3 Å². The molecule has 3 N–H and O–H groups in total. The van der Waals surface area contributed by atoms with E-state index in [2.05, 4.69) is 89.9 Å². The number of aromatic nitrogens is 10. The molecule has 8 aromatic rings. The highest BCUT2D eigenvalue weighted by molar-refractivity contribution is 9.11. The quantitative estimate of drug-likeness (QED) is 0.119. The van der Waals surface area contributed by atoms with Crippen LogP contribution in [0.3, 0.4) is 0 Å². The van der Waals surface area contributed by atoms with Gasteiger partial charge in [0.2, 0.25) is 11.9 Å². The third-order valence-corrected chi connectivity index (χ3v) is 14.0. The van der Waals surface area contributed by atoms with E-state index in [1.54, 1.807) is 37.6 Å². The summed E-state index contributed by atoms with van der Waals surface area (Å²) in [4.78, 5) is 47.9. The molecular weight excluding hydrogens is 1020 g/mol. The van der Waals surface area contributed by atoms with Gasteiger partial charge in [-0.3, -0.25) is 28.1 Å². The minimum Gasteiger partial charge on any atom is -0.321 e. The molecule has 6 aromatic heterocycles. The van der Waals surface area contributed by atoms with Crippen molar-refractivity contribution in [3.63, 3.8) is 0 Å². The molecule has 16 nitrogen and oxygen atoms in total. The molecule has 21 heteroatoms. The van der Waals surface area contributed by atoms with Gasteiger partial charge in [0.15, 0.2) is 0 Å². The largest absolute Gasteiger partial charge is 0.321 e. The van der Waals surface area contributed by atoms with Gasteiger partial charge < -0.3 is 20.9 Å². The first-order valence-electron chi connectivity index (χ1n) is 21.3. The molecule has 2 aliphatic rings. The molecule has 0 radical (unpaired) electrons. The summed E-state index contributed by atoms with van der Waals surface area (Å²) in [7, 11) is 2.13. The Kier molecular flexibility index (Phi) is 12.2. The second-order valence-corrected chi connectivity index (χ2v) is 19.3. The van der Waals surface area contributed by atoms with Crippen LogP contribution in [0.4, 0.5) is 27.7 Å². The van der Waals surface area contributed by atoms with Gasteiger partial charge >= 0.3 is 0 Å². The Labute approximate surface area is 403 Å². The lowest BCUT2D eigenvalue weighted by Crippen LogP contribution is -2.40. The summed E-state index contributed by atoms with van der Waals surface area (Å²) in [6.45, 7) is 4.58. The van der Waals surface area contributed by atoms with Crippen LogP contribution < -0.4 is 27.1 Å². The number of pyridine rings is 2. The van der Waals surface area contributed by atoms with Gasteiger partial charge in [0.1, 0.15) is 5.82 Å². The number of fused-ring (bicyclic) bond motifs is 2. The summed E-state index contributed by atoms with van der Waals surface area (Å²) in [5.41, 5.74) is 3.55. The number of para-hydroxylation sites is 1. The molecule has 2 saturated heterocycles. The van der Waals surface area contributed by atoms with Crippen LogP contribution in [-0.2, 0) is 6.42 Å². The molecule has 0 bridgehead atoms. The van der Waals surface area contributed by atoms with Crippen molar-refractivity contribution in [3.05, 3.63) is 137 Å². The number of nitrogens with zero attached hydrogens (tertiary/aromatic N) is 11. The van der Waals surface area contributed by atoms with Crippen LogP contribution >= 0.6 is 55.1 Å². The first-order chi connectivity index (χ1) is 31.9. The Morgan fingerprint density at radius 2 is 1.33 bits per heavy atom. The molecule has 2 aliphatic heterocycles. The molecule has 10 rings (SSSR count). The topological polar surface area (TPSA) is 171 Å². The van der Waals surface area contributed by atoms with E-state index in [0.717, 1.165) is 56.6 Å². The van der Waals surface area contributed by atoms with Crippen molar-refractivity contribution < 1.29 is 4.39 Å². The Morgan fingerprint density at radius 1 is 0.773 bits per heavy atom. The molecule has 0 aliphatic carbocycles. The molecule has 0 saturated carbocycles. The molecular formula is C45H41Br2Cl2FN14O2. The fourth-order valence-electron chi connectivity index (χ4n) is 8.90. The van der Waals surface area contributed by atoms with Gasteiger partial charge in [0.05, 0.1) is 88.0 Å². The minimum absolute atomic E-state index is 0.0850. The Bertz CT molecular complexity index is 3250. The van der Waals surface area contributed by atoms with E-state index in [1.807, 2.05) is 33.9 Å². The molecule has 8 heterocycles. The number of piperidine rings is 2. The van der Waals surface area contributed by atoms with Gasteiger partial charge in [0, 0.05) is 43.2 Å². The number of likely N-dealkylation sites (tertiary alicyclic amines) is 1. The highest BCUT2D eigenvalue weighted by Crippen LogP contribution is 2.34. The van der Waals surface area contributed by atoms with Crippen LogP contribution in [0.2, 0.25) is 10.0 Å². The lowest BCUT2D eigenvalue weighted by atomic mass is 9.94. The van der Waals surface area contributed by atoms with E-state index in [-0.39, 0.29) is 34.7 Å². The predicted molar refractivity (Wildman–Crippen MR) is 261 cm³/mol. The number of hydrogen-bond acceptors (Lipinski definition) is 12. The zero-order chi connectivity index (χ0) is 45.8. The normalized spacial score (nSPS) is 17.2. The molecule has 2 aromatic carbocycles. The van der Waals surface area contributed by atoms with Crippen LogP contribution in [-0.4, -0.2) is 86.3 Å². The Morgan fingerprint density at radius 3 is 1.91 bits per heavy atom. The maximum atomic E-state index is 14.8. The number of aryl methyl sites for hydroxylation is 1. The SMILES string of the molecule is Cc1cccc(F)c1-n1cc(Br)c2nc(Nc3cnn(C4CCNC(Cc5cc(Cl)c(-n6cc(Br)c7nc(Nc8cnn(C9CCN(C)CC9)c8)ncc7c6=O)c(Cl)c5)C4)c3)ncc2c1=O. The van der Waals surface area contributed by atoms with Crippen molar-refractivity contribution in [3.8, 4) is 11.4 Å². The maximum absolute atomic E-state index is 14.8. The maximum Gasteiger partial charge on any atom is 0.266 e. The molecule has 0 spiro atoms. The lowest BCUT2D eigenvalue weighted by Gasteiger charge is -2.31. The van der Waals surface area contributed by atoms with Crippen LogP contribution in [0.5, 0.6) is 0 Å². The summed E-state index contributed by atoms with van der Waals surface area (Å²) in [6.07, 6.45) is 17.8. The first kappa shape index (κ1) is 44.3. The van der Waals surface area contributed by atoms with E-state index < -0.39 is 11.4 Å². The van der Waals surface area contributed by atoms with Gasteiger partial charge in [-0.1, -0.05) is 35.3 Å². The predicted octanol–water partition coefficient (Wildman–Crippen LogP) is 8.84.